The average Bonchev–Trinajstić information content (AvgIpc) is 2.55. The Kier molecular flexibility index (Phi) is 5.81. The van der Waals surface area contributed by atoms with Gasteiger partial charge < -0.3 is 4.74 Å². The van der Waals surface area contributed by atoms with Gasteiger partial charge in [-0.3, -0.25) is 4.72 Å². The Hall–Kier alpha value is -2.10. The highest BCUT2D eigenvalue weighted by atomic mass is 32.2. The zero-order chi connectivity index (χ0) is 17.6. The van der Waals surface area contributed by atoms with E-state index >= 15 is 0 Å². The number of rotatable bonds is 8. The molecule has 2 aromatic rings. The second kappa shape index (κ2) is 7.65. The molecule has 0 unspecified atom stereocenters. The molecule has 7 nitrogen and oxygen atoms in total. The highest BCUT2D eigenvalue weighted by Gasteiger charge is 2.16. The van der Waals surface area contributed by atoms with Crippen LogP contribution < -0.4 is 14.2 Å². The molecule has 0 saturated carbocycles. The van der Waals surface area contributed by atoms with Crippen LogP contribution >= 0.6 is 0 Å². The van der Waals surface area contributed by atoms with E-state index in [1.165, 1.54) is 31.4 Å². The van der Waals surface area contributed by atoms with E-state index in [2.05, 4.69) is 9.44 Å². The van der Waals surface area contributed by atoms with Crippen molar-refractivity contribution >= 4 is 25.7 Å². The van der Waals surface area contributed by atoms with Crippen molar-refractivity contribution in [1.29, 1.82) is 0 Å². The fourth-order valence-electron chi connectivity index (χ4n) is 1.89. The number of benzene rings is 2. The second-order valence-corrected chi connectivity index (χ2v) is 8.47. The largest absolute Gasteiger partial charge is 0.497 e. The summed E-state index contributed by atoms with van der Waals surface area (Å²) in [5.41, 5.74) is 0.426. The molecule has 2 rings (SSSR count). The van der Waals surface area contributed by atoms with Gasteiger partial charge in [0, 0.05) is 12.2 Å². The molecule has 0 spiro atoms. The Morgan fingerprint density at radius 2 is 1.54 bits per heavy atom. The van der Waals surface area contributed by atoms with Gasteiger partial charge in [-0.1, -0.05) is 18.2 Å². The maximum absolute atomic E-state index is 12.1. The Morgan fingerprint density at radius 1 is 0.917 bits per heavy atom. The topological polar surface area (TPSA) is 102 Å². The minimum absolute atomic E-state index is 0.0386. The number of anilines is 1. The van der Waals surface area contributed by atoms with Gasteiger partial charge in [0.25, 0.3) is 0 Å². The minimum Gasteiger partial charge on any atom is -0.497 e. The maximum atomic E-state index is 12.1. The first-order chi connectivity index (χ1) is 11.3. The zero-order valence-electron chi connectivity index (χ0n) is 13.0. The molecule has 0 bridgehead atoms. The standard InChI is InChI=1S/C15H18N2O5S2/c1-22-14-7-9-15(10-8-14)24(20,21)16-11-12-23(18,19)17-13-5-3-2-4-6-13/h2-10,16-17H,11-12H2,1H3. The van der Waals surface area contributed by atoms with Crippen LogP contribution in [0.15, 0.2) is 59.5 Å². The maximum Gasteiger partial charge on any atom is 0.240 e. The summed E-state index contributed by atoms with van der Waals surface area (Å²) < 4.78 is 57.7. The van der Waals surface area contributed by atoms with E-state index in [1.54, 1.807) is 30.3 Å². The van der Waals surface area contributed by atoms with Gasteiger partial charge in [0.2, 0.25) is 20.0 Å². The molecular formula is C15H18N2O5S2. The molecule has 0 saturated heterocycles. The monoisotopic (exact) mass is 370 g/mol. The van der Waals surface area contributed by atoms with E-state index < -0.39 is 20.0 Å². The number of para-hydroxylation sites is 1. The Bertz CT molecular complexity index is 864. The van der Waals surface area contributed by atoms with E-state index in [4.69, 9.17) is 4.74 Å². The van der Waals surface area contributed by atoms with Crippen molar-refractivity contribution in [2.24, 2.45) is 0 Å². The fraction of sp³-hybridized carbons (Fsp3) is 0.200. The summed E-state index contributed by atoms with van der Waals surface area (Å²) in [5.74, 6) is 0.153. The molecule has 2 aromatic carbocycles. The highest BCUT2D eigenvalue weighted by Crippen LogP contribution is 2.15. The fourth-order valence-corrected chi connectivity index (χ4v) is 4.01. The van der Waals surface area contributed by atoms with Gasteiger partial charge in [-0.25, -0.2) is 21.6 Å². The number of ether oxygens (including phenoxy) is 1. The summed E-state index contributed by atoms with van der Waals surface area (Å²) in [5, 5.41) is 0. The minimum atomic E-state index is -3.78. The molecular weight excluding hydrogens is 352 g/mol. The number of nitrogens with one attached hydrogen (secondary N) is 2. The first-order valence-corrected chi connectivity index (χ1v) is 10.2. The molecule has 0 heterocycles. The zero-order valence-corrected chi connectivity index (χ0v) is 14.6. The lowest BCUT2D eigenvalue weighted by atomic mass is 10.3. The van der Waals surface area contributed by atoms with Crippen LogP contribution in [0.25, 0.3) is 0 Å². The molecule has 0 amide bonds. The van der Waals surface area contributed by atoms with Crippen molar-refractivity contribution in [3.8, 4) is 5.75 Å². The van der Waals surface area contributed by atoms with E-state index in [0.717, 1.165) is 0 Å². The van der Waals surface area contributed by atoms with Crippen molar-refractivity contribution < 1.29 is 21.6 Å². The Morgan fingerprint density at radius 3 is 2.12 bits per heavy atom. The molecule has 0 aliphatic carbocycles. The lowest BCUT2D eigenvalue weighted by Gasteiger charge is -2.10. The van der Waals surface area contributed by atoms with Crippen molar-refractivity contribution in [2.45, 2.75) is 4.90 Å². The summed E-state index contributed by atoms with van der Waals surface area (Å²) in [4.78, 5) is 0.0386. The third-order valence-corrected chi connectivity index (χ3v) is 5.84. The molecule has 0 radical (unpaired) electrons. The molecule has 0 fully saturated rings. The van der Waals surface area contributed by atoms with E-state index in [0.29, 0.717) is 11.4 Å². The summed E-state index contributed by atoms with van der Waals surface area (Å²) in [6.07, 6.45) is 0. The van der Waals surface area contributed by atoms with Gasteiger partial charge in [0.05, 0.1) is 17.8 Å². The van der Waals surface area contributed by atoms with Crippen LogP contribution in [0.1, 0.15) is 0 Å². The quantitative estimate of drug-likeness (QED) is 0.732. The molecule has 24 heavy (non-hydrogen) atoms. The predicted octanol–water partition coefficient (Wildman–Crippen LogP) is 1.42. The van der Waals surface area contributed by atoms with E-state index in [9.17, 15) is 16.8 Å². The molecule has 2 N–H and O–H groups in total. The molecule has 0 aromatic heterocycles. The molecule has 0 atom stereocenters. The van der Waals surface area contributed by atoms with Crippen LogP contribution in [0.2, 0.25) is 0 Å². The third kappa shape index (κ3) is 5.22. The van der Waals surface area contributed by atoms with E-state index in [-0.39, 0.29) is 17.2 Å². The van der Waals surface area contributed by atoms with Gasteiger partial charge in [0.1, 0.15) is 5.75 Å². The normalized spacial score (nSPS) is 11.9. The van der Waals surface area contributed by atoms with Crippen molar-refractivity contribution in [2.75, 3.05) is 24.1 Å². The van der Waals surface area contributed by atoms with Crippen molar-refractivity contribution in [1.82, 2.24) is 4.72 Å². The van der Waals surface area contributed by atoms with Gasteiger partial charge in [-0.2, -0.15) is 0 Å². The second-order valence-electron chi connectivity index (χ2n) is 4.86. The highest BCUT2D eigenvalue weighted by molar-refractivity contribution is 7.92. The molecule has 130 valence electrons. The van der Waals surface area contributed by atoms with Gasteiger partial charge in [0.15, 0.2) is 0 Å². The Labute approximate surface area is 141 Å². The molecule has 0 aliphatic rings. The van der Waals surface area contributed by atoms with Crippen LogP contribution in [-0.2, 0) is 20.0 Å². The number of hydrogen-bond donors (Lipinski definition) is 2. The summed E-state index contributed by atoms with van der Waals surface area (Å²) in [6.45, 7) is -0.240. The van der Waals surface area contributed by atoms with Gasteiger partial charge >= 0.3 is 0 Å². The van der Waals surface area contributed by atoms with Crippen LogP contribution in [0, 0.1) is 0 Å². The summed E-state index contributed by atoms with van der Waals surface area (Å²) in [7, 11) is -5.95. The van der Waals surface area contributed by atoms with Gasteiger partial charge in [-0.15, -0.1) is 0 Å². The first-order valence-electron chi connectivity index (χ1n) is 7.02. The average molecular weight is 370 g/mol. The first kappa shape index (κ1) is 18.2. The predicted molar refractivity (Wildman–Crippen MR) is 92.0 cm³/mol. The van der Waals surface area contributed by atoms with Crippen LogP contribution in [0.3, 0.4) is 0 Å². The molecule has 0 aliphatic heterocycles. The third-order valence-electron chi connectivity index (χ3n) is 3.08. The lowest BCUT2D eigenvalue weighted by Crippen LogP contribution is -2.31. The smallest absolute Gasteiger partial charge is 0.240 e. The lowest BCUT2D eigenvalue weighted by molar-refractivity contribution is 0.414. The number of sulfonamides is 2. The van der Waals surface area contributed by atoms with Crippen molar-refractivity contribution in [3.05, 3.63) is 54.6 Å². The summed E-state index contributed by atoms with van der Waals surface area (Å²) in [6, 6.07) is 14.2. The number of hydrogen-bond acceptors (Lipinski definition) is 5. The van der Waals surface area contributed by atoms with Crippen molar-refractivity contribution in [3.63, 3.8) is 0 Å². The summed E-state index contributed by atoms with van der Waals surface area (Å²) >= 11 is 0. The van der Waals surface area contributed by atoms with E-state index in [1.807, 2.05) is 0 Å². The number of methoxy groups -OCH3 is 1. The SMILES string of the molecule is COc1ccc(S(=O)(=O)NCCS(=O)(=O)Nc2ccccc2)cc1. The van der Waals surface area contributed by atoms with Gasteiger partial charge in [-0.05, 0) is 36.4 Å². The Balaban J connectivity index is 1.94. The van der Waals surface area contributed by atoms with Crippen LogP contribution in [-0.4, -0.2) is 36.2 Å². The van der Waals surface area contributed by atoms with Crippen LogP contribution in [0.4, 0.5) is 5.69 Å². The molecule has 9 heteroatoms. The van der Waals surface area contributed by atoms with Crippen LogP contribution in [0.5, 0.6) is 5.75 Å².